The van der Waals surface area contributed by atoms with Crippen LogP contribution < -0.4 is 0 Å². The summed E-state index contributed by atoms with van der Waals surface area (Å²) in [6, 6.07) is 20.1. The van der Waals surface area contributed by atoms with E-state index in [2.05, 4.69) is 6.58 Å². The molecule has 236 valence electrons. The van der Waals surface area contributed by atoms with E-state index in [4.69, 9.17) is 33.2 Å². The van der Waals surface area contributed by atoms with E-state index < -0.39 is 42.2 Å². The quantitative estimate of drug-likeness (QED) is 0.202. The maximum absolute atomic E-state index is 10.8. The lowest BCUT2D eigenvalue weighted by atomic mass is 9.75. The fourth-order valence-corrected chi connectivity index (χ4v) is 6.51. The van der Waals surface area contributed by atoms with Crippen LogP contribution in [0.1, 0.15) is 44.2 Å². The van der Waals surface area contributed by atoms with Crippen LogP contribution in [-0.4, -0.2) is 91.3 Å². The van der Waals surface area contributed by atoms with Crippen LogP contribution in [0.5, 0.6) is 0 Å². The number of fused-ring (bicyclic) bond motifs is 2. The molecule has 43 heavy (non-hydrogen) atoms. The van der Waals surface area contributed by atoms with Crippen LogP contribution in [0.2, 0.25) is 0 Å². The van der Waals surface area contributed by atoms with Crippen LogP contribution in [-0.2, 0) is 46.4 Å². The molecule has 0 aliphatic carbocycles. The highest BCUT2D eigenvalue weighted by Crippen LogP contribution is 2.47. The zero-order valence-electron chi connectivity index (χ0n) is 25.4. The summed E-state index contributed by atoms with van der Waals surface area (Å²) in [5.74, 6) is 0. The minimum Gasteiger partial charge on any atom is -0.393 e. The number of ether oxygens (including phenoxy) is 7. The summed E-state index contributed by atoms with van der Waals surface area (Å²) in [5, 5.41) is 20.6. The smallest absolute Gasteiger partial charge is 0.146 e. The van der Waals surface area contributed by atoms with Crippen LogP contribution in [0.25, 0.3) is 0 Å². The Bertz CT molecular complexity index is 1160. The van der Waals surface area contributed by atoms with Crippen LogP contribution in [0.4, 0.5) is 0 Å². The molecule has 0 aromatic heterocycles. The molecule has 2 aromatic carbocycles. The van der Waals surface area contributed by atoms with Crippen LogP contribution in [0, 0.1) is 0 Å². The summed E-state index contributed by atoms with van der Waals surface area (Å²) in [6.45, 7) is 8.70. The Morgan fingerprint density at radius 1 is 0.977 bits per heavy atom. The summed E-state index contributed by atoms with van der Waals surface area (Å²) in [7, 11) is 1.60. The molecule has 2 aromatic rings. The molecule has 3 fully saturated rings. The lowest BCUT2D eigenvalue weighted by Gasteiger charge is -2.58. The molecule has 5 rings (SSSR count). The second-order valence-electron chi connectivity index (χ2n) is 12.3. The van der Waals surface area contributed by atoms with Gasteiger partial charge in [0.1, 0.15) is 36.3 Å². The van der Waals surface area contributed by atoms with Gasteiger partial charge in [-0.25, -0.2) is 0 Å². The predicted molar refractivity (Wildman–Crippen MR) is 159 cm³/mol. The van der Waals surface area contributed by atoms with E-state index in [1.807, 2.05) is 67.6 Å². The van der Waals surface area contributed by atoms with Gasteiger partial charge in [-0.2, -0.15) is 0 Å². The maximum Gasteiger partial charge on any atom is 0.146 e. The second-order valence-corrected chi connectivity index (χ2v) is 12.3. The van der Waals surface area contributed by atoms with Gasteiger partial charge in [-0.1, -0.05) is 67.2 Å². The molecule has 0 radical (unpaired) electrons. The second kappa shape index (κ2) is 14.3. The van der Waals surface area contributed by atoms with Crippen molar-refractivity contribution < 1.29 is 43.4 Å². The molecule has 0 spiro atoms. The number of aliphatic hydroxyl groups excluding tert-OH is 1. The van der Waals surface area contributed by atoms with Crippen LogP contribution >= 0.6 is 0 Å². The van der Waals surface area contributed by atoms with Crippen molar-refractivity contribution in [1.29, 1.82) is 0 Å². The molecular weight excluding hydrogens is 552 g/mol. The number of hydrogen-bond acceptors (Lipinski definition) is 9. The molecule has 9 heteroatoms. The van der Waals surface area contributed by atoms with Crippen molar-refractivity contribution >= 4 is 0 Å². The molecule has 3 aliphatic rings. The molecule has 3 heterocycles. The topological polar surface area (TPSA) is 105 Å². The summed E-state index contributed by atoms with van der Waals surface area (Å²) in [6.07, 6.45) is -1.52. The molecule has 0 amide bonds. The average Bonchev–Trinajstić information content (AvgIpc) is 3.01. The third-order valence-corrected chi connectivity index (χ3v) is 8.81. The van der Waals surface area contributed by atoms with Gasteiger partial charge in [-0.3, -0.25) is 0 Å². The molecule has 3 saturated heterocycles. The van der Waals surface area contributed by atoms with Crippen molar-refractivity contribution in [2.45, 2.75) is 100 Å². The largest absolute Gasteiger partial charge is 0.393 e. The number of rotatable bonds is 13. The van der Waals surface area contributed by atoms with Gasteiger partial charge in [0, 0.05) is 20.1 Å². The zero-order valence-corrected chi connectivity index (χ0v) is 25.4. The fourth-order valence-electron chi connectivity index (χ4n) is 6.51. The standard InChI is InChI=1S/C34H46O9/c1-23-17-28-27(42-31(23)33(2,36)21-35)18-29-34(3,43-28)32(40-22-37-4)30(39-20-25-13-9-6-10-14-25)26(41-29)15-16-38-19-24-11-7-5-8-12-24/h5-14,26-32,35-36H,1,15-22H2,2-4H3/t26-,27-,28+,29+,30-,31+,32-,33-,34+/m1/s1. The van der Waals surface area contributed by atoms with E-state index >= 15 is 0 Å². The first-order valence-electron chi connectivity index (χ1n) is 15.1. The Kier molecular flexibility index (Phi) is 10.7. The molecule has 9 nitrogen and oxygen atoms in total. The molecule has 9 atom stereocenters. The first-order chi connectivity index (χ1) is 20.7. The minimum atomic E-state index is -1.45. The van der Waals surface area contributed by atoms with Gasteiger partial charge in [0.2, 0.25) is 0 Å². The first kappa shape index (κ1) is 32.2. The lowest BCUT2D eigenvalue weighted by Crippen LogP contribution is -2.72. The fraction of sp³-hybridized carbons (Fsp3) is 0.588. The minimum absolute atomic E-state index is 0.0670. The summed E-state index contributed by atoms with van der Waals surface area (Å²) in [4.78, 5) is 0. The van der Waals surface area contributed by atoms with Gasteiger partial charge in [-0.15, -0.1) is 0 Å². The Labute approximate surface area is 254 Å². The Morgan fingerprint density at radius 3 is 2.30 bits per heavy atom. The Balaban J connectivity index is 1.37. The van der Waals surface area contributed by atoms with E-state index in [1.54, 1.807) is 14.0 Å². The van der Waals surface area contributed by atoms with Gasteiger partial charge >= 0.3 is 0 Å². The van der Waals surface area contributed by atoms with Gasteiger partial charge in [-0.05, 0) is 43.4 Å². The Morgan fingerprint density at radius 2 is 1.65 bits per heavy atom. The summed E-state index contributed by atoms with van der Waals surface area (Å²) < 4.78 is 44.4. The zero-order chi connectivity index (χ0) is 30.5. The lowest BCUT2D eigenvalue weighted by molar-refractivity contribution is -0.354. The third kappa shape index (κ3) is 7.39. The summed E-state index contributed by atoms with van der Waals surface area (Å²) in [5.41, 5.74) is 0.504. The highest BCUT2D eigenvalue weighted by molar-refractivity contribution is 5.19. The van der Waals surface area contributed by atoms with E-state index in [0.29, 0.717) is 44.7 Å². The average molecular weight is 599 g/mol. The molecule has 0 bridgehead atoms. The van der Waals surface area contributed by atoms with E-state index in [9.17, 15) is 10.2 Å². The van der Waals surface area contributed by atoms with Crippen LogP contribution in [0.3, 0.4) is 0 Å². The van der Waals surface area contributed by atoms with Gasteiger partial charge in [0.05, 0.1) is 44.2 Å². The number of methoxy groups -OCH3 is 1. The van der Waals surface area contributed by atoms with Crippen molar-refractivity contribution in [3.05, 3.63) is 83.9 Å². The van der Waals surface area contributed by atoms with Crippen molar-refractivity contribution in [2.75, 3.05) is 27.1 Å². The Hall–Kier alpha value is -2.18. The van der Waals surface area contributed by atoms with E-state index in [-0.39, 0.29) is 25.1 Å². The number of benzene rings is 2. The highest BCUT2D eigenvalue weighted by Gasteiger charge is 2.61. The third-order valence-electron chi connectivity index (χ3n) is 8.81. The van der Waals surface area contributed by atoms with E-state index in [0.717, 1.165) is 11.1 Å². The first-order valence-corrected chi connectivity index (χ1v) is 15.1. The molecule has 0 saturated carbocycles. The normalized spacial score (nSPS) is 33.8. The van der Waals surface area contributed by atoms with Crippen LogP contribution in [0.15, 0.2) is 72.8 Å². The van der Waals surface area contributed by atoms with Crippen molar-refractivity contribution in [2.24, 2.45) is 0 Å². The molecular formula is C34H46O9. The van der Waals surface area contributed by atoms with E-state index in [1.165, 1.54) is 0 Å². The predicted octanol–water partition coefficient (Wildman–Crippen LogP) is 3.94. The number of hydrogen-bond donors (Lipinski definition) is 2. The van der Waals surface area contributed by atoms with Gasteiger partial charge in [0.15, 0.2) is 0 Å². The summed E-state index contributed by atoms with van der Waals surface area (Å²) >= 11 is 0. The van der Waals surface area contributed by atoms with Gasteiger partial charge in [0.25, 0.3) is 0 Å². The number of aliphatic hydroxyl groups is 2. The highest BCUT2D eigenvalue weighted by atomic mass is 16.7. The molecule has 0 unspecified atom stereocenters. The van der Waals surface area contributed by atoms with Gasteiger partial charge < -0.3 is 43.4 Å². The monoisotopic (exact) mass is 598 g/mol. The molecule has 3 aliphatic heterocycles. The maximum atomic E-state index is 10.8. The van der Waals surface area contributed by atoms with Crippen molar-refractivity contribution in [3.63, 3.8) is 0 Å². The SMILES string of the molecule is C=C1C[C@@H]2O[C@@]3(C)[C@H](C[C@H]2O[C@@H]1[C@](C)(O)CO)O[C@H](CCOCc1ccccc1)[C@@H](OCc1ccccc1)[C@H]3OCOC. The van der Waals surface area contributed by atoms with Crippen molar-refractivity contribution in [1.82, 2.24) is 0 Å². The molecule has 2 N–H and O–H groups in total. The van der Waals surface area contributed by atoms with Crippen molar-refractivity contribution in [3.8, 4) is 0 Å².